The van der Waals surface area contributed by atoms with E-state index in [1.807, 2.05) is 24.3 Å². The van der Waals surface area contributed by atoms with Crippen LogP contribution in [0.4, 0.5) is 0 Å². The summed E-state index contributed by atoms with van der Waals surface area (Å²) in [5.74, 6) is 0. The summed E-state index contributed by atoms with van der Waals surface area (Å²) >= 11 is 0. The first-order valence-corrected chi connectivity index (χ1v) is 6.57. The van der Waals surface area contributed by atoms with Gasteiger partial charge in [-0.25, -0.2) is 0 Å². The van der Waals surface area contributed by atoms with E-state index >= 15 is 0 Å². The van der Waals surface area contributed by atoms with Crippen LogP contribution >= 0.6 is 0 Å². The monoisotopic (exact) mass is 249 g/mol. The molecule has 0 spiro atoms. The lowest BCUT2D eigenvalue weighted by Crippen LogP contribution is -2.10. The first-order chi connectivity index (χ1) is 8.99. The molecule has 0 heterocycles. The highest BCUT2D eigenvalue weighted by Gasteiger charge is 2.12. The van der Waals surface area contributed by atoms with E-state index in [-0.39, 0.29) is 5.41 Å². The van der Waals surface area contributed by atoms with Crippen LogP contribution in [0.1, 0.15) is 43.0 Å². The lowest BCUT2D eigenvalue weighted by Gasteiger charge is -2.19. The molecular weight excluding hydrogens is 230 g/mol. The van der Waals surface area contributed by atoms with E-state index in [4.69, 9.17) is 5.26 Å². The van der Waals surface area contributed by atoms with Crippen LogP contribution in [0, 0.1) is 11.3 Å². The summed E-state index contributed by atoms with van der Waals surface area (Å²) < 4.78 is 0. The van der Waals surface area contributed by atoms with Gasteiger partial charge in [0.1, 0.15) is 0 Å². The predicted molar refractivity (Wildman–Crippen MR) is 79.1 cm³/mol. The van der Waals surface area contributed by atoms with Gasteiger partial charge in [-0.2, -0.15) is 5.26 Å². The Balaban J connectivity index is 2.13. The maximum atomic E-state index is 8.77. The number of rotatable bonds is 2. The molecule has 0 saturated heterocycles. The highest BCUT2D eigenvalue weighted by Crippen LogP contribution is 2.22. The average Bonchev–Trinajstić information content (AvgIpc) is 2.39. The van der Waals surface area contributed by atoms with Crippen LogP contribution in [-0.2, 0) is 11.8 Å². The number of benzene rings is 2. The third-order valence-electron chi connectivity index (χ3n) is 3.31. The lowest BCUT2D eigenvalue weighted by atomic mass is 9.86. The van der Waals surface area contributed by atoms with Crippen molar-refractivity contribution in [3.63, 3.8) is 0 Å². The predicted octanol–water partition coefficient (Wildman–Crippen LogP) is 4.45. The Kier molecular flexibility index (Phi) is 3.71. The Labute approximate surface area is 115 Å². The fourth-order valence-corrected chi connectivity index (χ4v) is 2.06. The third kappa shape index (κ3) is 3.45. The molecule has 0 fully saturated rings. The fraction of sp³-hybridized carbons (Fsp3) is 0.278. The molecule has 0 aliphatic carbocycles. The second-order valence-electron chi connectivity index (χ2n) is 5.93. The van der Waals surface area contributed by atoms with Crippen molar-refractivity contribution in [3.8, 4) is 6.07 Å². The normalized spacial score (nSPS) is 11.1. The minimum Gasteiger partial charge on any atom is -0.192 e. The summed E-state index contributed by atoms with van der Waals surface area (Å²) in [7, 11) is 0. The quantitative estimate of drug-likeness (QED) is 0.771. The lowest BCUT2D eigenvalue weighted by molar-refractivity contribution is 0.590. The second-order valence-corrected chi connectivity index (χ2v) is 5.93. The van der Waals surface area contributed by atoms with Gasteiger partial charge in [0, 0.05) is 0 Å². The fourth-order valence-electron chi connectivity index (χ4n) is 2.06. The zero-order chi connectivity index (χ0) is 13.9. The SMILES string of the molecule is CC(C)(C)c1ccc(Cc2ccc(C#N)cc2)cc1. The topological polar surface area (TPSA) is 23.8 Å². The summed E-state index contributed by atoms with van der Waals surface area (Å²) in [5.41, 5.74) is 4.82. The summed E-state index contributed by atoms with van der Waals surface area (Å²) in [6.45, 7) is 6.67. The van der Waals surface area contributed by atoms with Gasteiger partial charge in [0.15, 0.2) is 0 Å². The van der Waals surface area contributed by atoms with E-state index < -0.39 is 0 Å². The highest BCUT2D eigenvalue weighted by molar-refractivity contribution is 5.35. The third-order valence-corrected chi connectivity index (χ3v) is 3.31. The molecule has 0 amide bonds. The molecule has 0 atom stereocenters. The first kappa shape index (κ1) is 13.4. The van der Waals surface area contributed by atoms with E-state index in [1.165, 1.54) is 16.7 Å². The van der Waals surface area contributed by atoms with Gasteiger partial charge in [0.25, 0.3) is 0 Å². The van der Waals surface area contributed by atoms with Gasteiger partial charge in [-0.3, -0.25) is 0 Å². The molecule has 1 heteroatoms. The van der Waals surface area contributed by atoms with Crippen molar-refractivity contribution in [1.29, 1.82) is 5.26 Å². The number of hydrogen-bond acceptors (Lipinski definition) is 1. The van der Waals surface area contributed by atoms with E-state index in [2.05, 4.69) is 51.1 Å². The Hall–Kier alpha value is -2.07. The zero-order valence-electron chi connectivity index (χ0n) is 11.8. The van der Waals surface area contributed by atoms with E-state index in [1.54, 1.807) is 0 Å². The van der Waals surface area contributed by atoms with E-state index in [0.29, 0.717) is 5.56 Å². The van der Waals surface area contributed by atoms with Crippen molar-refractivity contribution >= 4 is 0 Å². The van der Waals surface area contributed by atoms with Crippen molar-refractivity contribution in [3.05, 3.63) is 70.8 Å². The van der Waals surface area contributed by atoms with Gasteiger partial charge in [0.05, 0.1) is 11.6 Å². The summed E-state index contributed by atoms with van der Waals surface area (Å²) in [6.07, 6.45) is 0.913. The standard InChI is InChI=1S/C18H19N/c1-18(2,3)17-10-8-15(9-11-17)12-14-4-6-16(13-19)7-5-14/h4-11H,12H2,1-3H3. The average molecular weight is 249 g/mol. The maximum Gasteiger partial charge on any atom is 0.0991 e. The molecule has 0 N–H and O–H groups in total. The molecule has 0 aliphatic rings. The van der Waals surface area contributed by atoms with Gasteiger partial charge in [-0.1, -0.05) is 57.2 Å². The van der Waals surface area contributed by atoms with Crippen molar-refractivity contribution in [2.45, 2.75) is 32.6 Å². The van der Waals surface area contributed by atoms with Crippen LogP contribution in [-0.4, -0.2) is 0 Å². The second kappa shape index (κ2) is 5.28. The van der Waals surface area contributed by atoms with Crippen LogP contribution in [0.2, 0.25) is 0 Å². The molecule has 1 nitrogen and oxygen atoms in total. The van der Waals surface area contributed by atoms with Gasteiger partial charge in [0.2, 0.25) is 0 Å². The van der Waals surface area contributed by atoms with Gasteiger partial charge in [-0.05, 0) is 40.7 Å². The summed E-state index contributed by atoms with van der Waals surface area (Å²) in [4.78, 5) is 0. The molecule has 0 unspecified atom stereocenters. The van der Waals surface area contributed by atoms with Crippen molar-refractivity contribution in [2.24, 2.45) is 0 Å². The molecule has 0 saturated carbocycles. The van der Waals surface area contributed by atoms with Gasteiger partial charge in [-0.15, -0.1) is 0 Å². The van der Waals surface area contributed by atoms with Crippen LogP contribution in [0.25, 0.3) is 0 Å². The molecule has 2 rings (SSSR count). The molecule has 0 radical (unpaired) electrons. The largest absolute Gasteiger partial charge is 0.192 e. The van der Waals surface area contributed by atoms with Crippen molar-refractivity contribution in [1.82, 2.24) is 0 Å². The Morgan fingerprint density at radius 1 is 0.842 bits per heavy atom. The zero-order valence-corrected chi connectivity index (χ0v) is 11.8. The molecule has 0 bridgehead atoms. The minimum absolute atomic E-state index is 0.201. The van der Waals surface area contributed by atoms with Crippen LogP contribution in [0.5, 0.6) is 0 Å². The van der Waals surface area contributed by atoms with Crippen molar-refractivity contribution < 1.29 is 0 Å². The van der Waals surface area contributed by atoms with Crippen LogP contribution in [0.3, 0.4) is 0 Å². The Bertz CT molecular complexity index is 578. The van der Waals surface area contributed by atoms with Gasteiger partial charge < -0.3 is 0 Å². The maximum absolute atomic E-state index is 8.77. The Morgan fingerprint density at radius 3 is 1.74 bits per heavy atom. The molecule has 2 aromatic carbocycles. The first-order valence-electron chi connectivity index (χ1n) is 6.57. The highest BCUT2D eigenvalue weighted by atomic mass is 14.2. The molecule has 96 valence electrons. The van der Waals surface area contributed by atoms with Crippen molar-refractivity contribution in [2.75, 3.05) is 0 Å². The smallest absolute Gasteiger partial charge is 0.0991 e. The molecule has 0 aliphatic heterocycles. The minimum atomic E-state index is 0.201. The molecule has 0 aromatic heterocycles. The Morgan fingerprint density at radius 2 is 1.32 bits per heavy atom. The number of nitrogens with zero attached hydrogens (tertiary/aromatic N) is 1. The molecule has 2 aromatic rings. The molecular formula is C18H19N. The number of nitriles is 1. The van der Waals surface area contributed by atoms with E-state index in [0.717, 1.165) is 6.42 Å². The van der Waals surface area contributed by atoms with E-state index in [9.17, 15) is 0 Å². The van der Waals surface area contributed by atoms with Gasteiger partial charge >= 0.3 is 0 Å². The summed E-state index contributed by atoms with van der Waals surface area (Å²) in [6, 6.07) is 18.7. The number of hydrogen-bond donors (Lipinski definition) is 0. The molecule has 19 heavy (non-hydrogen) atoms. The van der Waals surface area contributed by atoms with Crippen LogP contribution < -0.4 is 0 Å². The van der Waals surface area contributed by atoms with Crippen LogP contribution in [0.15, 0.2) is 48.5 Å². The summed E-state index contributed by atoms with van der Waals surface area (Å²) in [5, 5.41) is 8.77.